The largest absolute Gasteiger partial charge is 0.481 e. The normalized spacial score (nSPS) is 25.5. The first-order valence-electron chi connectivity index (χ1n) is 7.10. The molecule has 0 amide bonds. The van der Waals surface area contributed by atoms with Crippen LogP contribution in [-0.4, -0.2) is 17.6 Å². The van der Waals surface area contributed by atoms with E-state index in [0.29, 0.717) is 18.4 Å². The number of carboxylic acids is 1. The summed E-state index contributed by atoms with van der Waals surface area (Å²) in [5, 5.41) is 9.55. The summed E-state index contributed by atoms with van der Waals surface area (Å²) in [5.74, 6) is 0.581. The Morgan fingerprint density at radius 1 is 1.06 bits per heavy atom. The Balaban J connectivity index is 1.99. The lowest BCUT2D eigenvalue weighted by molar-refractivity contribution is -0.150. The van der Waals surface area contributed by atoms with Crippen LogP contribution in [0.4, 0.5) is 0 Å². The van der Waals surface area contributed by atoms with E-state index in [0.717, 1.165) is 12.8 Å². The van der Waals surface area contributed by atoms with E-state index in [-0.39, 0.29) is 0 Å². The highest BCUT2D eigenvalue weighted by Crippen LogP contribution is 2.45. The van der Waals surface area contributed by atoms with Gasteiger partial charge in [0.15, 0.2) is 0 Å². The molecule has 0 bridgehead atoms. The van der Waals surface area contributed by atoms with Gasteiger partial charge in [0.05, 0.1) is 5.41 Å². The monoisotopic (exact) mass is 239 g/mol. The molecule has 17 heavy (non-hydrogen) atoms. The first-order valence-corrected chi connectivity index (χ1v) is 7.10. The fourth-order valence-corrected chi connectivity index (χ4v) is 3.33. The zero-order valence-electron chi connectivity index (χ0n) is 10.7. The van der Waals surface area contributed by atoms with Crippen LogP contribution >= 0.6 is 0 Å². The van der Waals surface area contributed by atoms with Crippen molar-refractivity contribution in [3.05, 3.63) is 0 Å². The average Bonchev–Trinajstić information content (AvgIpc) is 3.13. The van der Waals surface area contributed by atoms with Gasteiger partial charge in [-0.1, -0.05) is 44.9 Å². The second-order valence-corrected chi connectivity index (χ2v) is 6.15. The van der Waals surface area contributed by atoms with Crippen molar-refractivity contribution in [2.75, 3.05) is 6.54 Å². The number of aliphatic carboxylic acids is 1. The van der Waals surface area contributed by atoms with Crippen molar-refractivity contribution < 1.29 is 9.90 Å². The molecule has 1 unspecified atom stereocenters. The van der Waals surface area contributed by atoms with E-state index in [1.807, 2.05) is 0 Å². The second-order valence-electron chi connectivity index (χ2n) is 6.15. The fraction of sp³-hybridized carbons (Fsp3) is 0.929. The van der Waals surface area contributed by atoms with E-state index in [4.69, 9.17) is 5.73 Å². The molecule has 2 aliphatic carbocycles. The van der Waals surface area contributed by atoms with E-state index in [2.05, 4.69) is 0 Å². The summed E-state index contributed by atoms with van der Waals surface area (Å²) in [4.78, 5) is 11.6. The Labute approximate surface area is 104 Å². The first kappa shape index (κ1) is 12.9. The predicted octanol–water partition coefficient (Wildman–Crippen LogP) is 2.79. The van der Waals surface area contributed by atoms with Crippen molar-refractivity contribution in [2.24, 2.45) is 23.0 Å². The second kappa shape index (κ2) is 5.38. The third-order valence-electron chi connectivity index (χ3n) is 4.62. The SMILES string of the molecule is NCC(CC1CCCCC1)(CC1CC1)C(=O)O. The summed E-state index contributed by atoms with van der Waals surface area (Å²) in [6.07, 6.45) is 10.3. The lowest BCUT2D eigenvalue weighted by Gasteiger charge is -2.33. The summed E-state index contributed by atoms with van der Waals surface area (Å²) < 4.78 is 0. The molecule has 3 nitrogen and oxygen atoms in total. The maximum absolute atomic E-state index is 11.6. The molecule has 0 spiro atoms. The van der Waals surface area contributed by atoms with Crippen LogP contribution in [0.15, 0.2) is 0 Å². The van der Waals surface area contributed by atoms with E-state index in [1.165, 1.54) is 44.9 Å². The van der Waals surface area contributed by atoms with Gasteiger partial charge in [0.1, 0.15) is 0 Å². The molecule has 1 atom stereocenters. The highest BCUT2D eigenvalue weighted by Gasteiger charge is 2.43. The number of hydrogen-bond acceptors (Lipinski definition) is 2. The molecule has 0 aliphatic heterocycles. The maximum Gasteiger partial charge on any atom is 0.310 e. The van der Waals surface area contributed by atoms with Crippen LogP contribution in [0.25, 0.3) is 0 Å². The molecule has 0 heterocycles. The molecule has 3 N–H and O–H groups in total. The van der Waals surface area contributed by atoms with Gasteiger partial charge in [0, 0.05) is 6.54 Å². The van der Waals surface area contributed by atoms with Crippen molar-refractivity contribution in [3.63, 3.8) is 0 Å². The van der Waals surface area contributed by atoms with Crippen LogP contribution in [0.1, 0.15) is 57.8 Å². The quantitative estimate of drug-likeness (QED) is 0.749. The van der Waals surface area contributed by atoms with Crippen molar-refractivity contribution in [2.45, 2.75) is 57.8 Å². The van der Waals surface area contributed by atoms with Gasteiger partial charge in [-0.05, 0) is 24.7 Å². The molecular formula is C14H25NO2. The van der Waals surface area contributed by atoms with Gasteiger partial charge in [-0.2, -0.15) is 0 Å². The van der Waals surface area contributed by atoms with Crippen molar-refractivity contribution in [1.29, 1.82) is 0 Å². The molecule has 0 saturated heterocycles. The van der Waals surface area contributed by atoms with Crippen LogP contribution in [0.5, 0.6) is 0 Å². The highest BCUT2D eigenvalue weighted by molar-refractivity contribution is 5.75. The average molecular weight is 239 g/mol. The van der Waals surface area contributed by atoms with Crippen LogP contribution in [0.2, 0.25) is 0 Å². The van der Waals surface area contributed by atoms with Crippen LogP contribution < -0.4 is 5.73 Å². The molecule has 3 heteroatoms. The molecule has 2 fully saturated rings. The highest BCUT2D eigenvalue weighted by atomic mass is 16.4. The van der Waals surface area contributed by atoms with Gasteiger partial charge < -0.3 is 10.8 Å². The Morgan fingerprint density at radius 3 is 2.00 bits per heavy atom. The first-order chi connectivity index (χ1) is 8.16. The van der Waals surface area contributed by atoms with Crippen molar-refractivity contribution in [3.8, 4) is 0 Å². The lowest BCUT2D eigenvalue weighted by atomic mass is 9.71. The molecule has 0 radical (unpaired) electrons. The molecular weight excluding hydrogens is 214 g/mol. The minimum absolute atomic E-state index is 0.315. The standard InChI is InChI=1S/C14H25NO2/c15-10-14(13(16)17,9-12-6-7-12)8-11-4-2-1-3-5-11/h11-12H,1-10,15H2,(H,16,17). The molecule has 98 valence electrons. The van der Waals surface area contributed by atoms with Gasteiger partial charge in [0.25, 0.3) is 0 Å². The molecule has 2 rings (SSSR count). The summed E-state index contributed by atoms with van der Waals surface area (Å²) in [7, 11) is 0. The van der Waals surface area contributed by atoms with Crippen LogP contribution in [-0.2, 0) is 4.79 Å². The summed E-state index contributed by atoms with van der Waals surface area (Å²) in [6.45, 7) is 0.315. The maximum atomic E-state index is 11.6. The topological polar surface area (TPSA) is 63.3 Å². The van der Waals surface area contributed by atoms with E-state index in [1.54, 1.807) is 0 Å². The molecule has 0 aromatic carbocycles. The third-order valence-corrected chi connectivity index (χ3v) is 4.62. The number of rotatable bonds is 6. The predicted molar refractivity (Wildman–Crippen MR) is 67.7 cm³/mol. The number of nitrogens with two attached hydrogens (primary N) is 1. The van der Waals surface area contributed by atoms with Gasteiger partial charge in [-0.15, -0.1) is 0 Å². The minimum Gasteiger partial charge on any atom is -0.481 e. The van der Waals surface area contributed by atoms with Gasteiger partial charge in [0.2, 0.25) is 0 Å². The van der Waals surface area contributed by atoms with Crippen molar-refractivity contribution >= 4 is 5.97 Å². The summed E-state index contributed by atoms with van der Waals surface area (Å²) >= 11 is 0. The van der Waals surface area contributed by atoms with Crippen LogP contribution in [0.3, 0.4) is 0 Å². The Hall–Kier alpha value is -0.570. The van der Waals surface area contributed by atoms with E-state index >= 15 is 0 Å². The lowest BCUT2D eigenvalue weighted by Crippen LogP contribution is -2.41. The Kier molecular flexibility index (Phi) is 4.08. The van der Waals surface area contributed by atoms with Gasteiger partial charge >= 0.3 is 5.97 Å². The van der Waals surface area contributed by atoms with Crippen LogP contribution in [0, 0.1) is 17.3 Å². The van der Waals surface area contributed by atoms with Crippen molar-refractivity contribution in [1.82, 2.24) is 0 Å². The van der Waals surface area contributed by atoms with Gasteiger partial charge in [-0.25, -0.2) is 0 Å². The third kappa shape index (κ3) is 3.21. The summed E-state index contributed by atoms with van der Waals surface area (Å²) in [6, 6.07) is 0. The number of carboxylic acid groups (broad SMARTS) is 1. The van der Waals surface area contributed by atoms with Gasteiger partial charge in [-0.3, -0.25) is 4.79 Å². The van der Waals surface area contributed by atoms with E-state index < -0.39 is 11.4 Å². The molecule has 0 aromatic heterocycles. The molecule has 2 aliphatic rings. The minimum atomic E-state index is -0.655. The smallest absolute Gasteiger partial charge is 0.310 e. The zero-order chi connectivity index (χ0) is 12.3. The summed E-state index contributed by atoms with van der Waals surface area (Å²) in [5.41, 5.74) is 5.20. The zero-order valence-corrected chi connectivity index (χ0v) is 10.7. The molecule has 2 saturated carbocycles. The molecule has 0 aromatic rings. The Bertz CT molecular complexity index is 269. The fourth-order valence-electron chi connectivity index (χ4n) is 3.33. The Morgan fingerprint density at radius 2 is 1.59 bits per heavy atom. The van der Waals surface area contributed by atoms with E-state index in [9.17, 15) is 9.90 Å². The number of hydrogen-bond donors (Lipinski definition) is 2. The number of carbonyl (C=O) groups is 1.